The molecule has 0 bridgehead atoms. The molecular formula is C15H16F3N3O3. The molecule has 2 rings (SSSR count). The fraction of sp³-hybridized carbons (Fsp3) is 0.400. The number of fused-ring (bicyclic) bond motifs is 1. The number of aromatic nitrogens is 2. The second kappa shape index (κ2) is 6.14. The number of rotatable bonds is 4. The van der Waals surface area contributed by atoms with Crippen molar-refractivity contribution in [2.75, 3.05) is 12.4 Å². The molecule has 0 atom stereocenters. The molecule has 24 heavy (non-hydrogen) atoms. The standard InChI is InChI=1S/C15H16F3N3O3/c1-14(2,13(23)24-3)20-10-4-5-11-9(6-10)7-19-21(12(11)22)8-15(16,17)18/h4-7,20H,8H2,1-3H3. The Morgan fingerprint density at radius 1 is 1.33 bits per heavy atom. The highest BCUT2D eigenvalue weighted by atomic mass is 19.4. The third kappa shape index (κ3) is 3.84. The van der Waals surface area contributed by atoms with E-state index < -0.39 is 29.8 Å². The molecule has 0 amide bonds. The van der Waals surface area contributed by atoms with Gasteiger partial charge in [0.15, 0.2) is 0 Å². The van der Waals surface area contributed by atoms with Crippen molar-refractivity contribution in [2.24, 2.45) is 0 Å². The number of methoxy groups -OCH3 is 1. The van der Waals surface area contributed by atoms with Crippen LogP contribution < -0.4 is 10.9 Å². The van der Waals surface area contributed by atoms with Crippen molar-refractivity contribution in [3.63, 3.8) is 0 Å². The SMILES string of the molecule is COC(=O)C(C)(C)Nc1ccc2c(=O)n(CC(F)(F)F)ncc2c1. The minimum absolute atomic E-state index is 0.107. The van der Waals surface area contributed by atoms with Crippen LogP contribution in [0.3, 0.4) is 0 Å². The van der Waals surface area contributed by atoms with Gasteiger partial charge in [0.05, 0.1) is 18.7 Å². The second-order valence-corrected chi connectivity index (χ2v) is 5.77. The summed E-state index contributed by atoms with van der Waals surface area (Å²) in [6.07, 6.45) is -3.35. The molecule has 1 aromatic heterocycles. The van der Waals surface area contributed by atoms with E-state index in [4.69, 9.17) is 0 Å². The molecule has 6 nitrogen and oxygen atoms in total. The zero-order valence-electron chi connectivity index (χ0n) is 13.3. The van der Waals surface area contributed by atoms with Crippen LogP contribution in [0.2, 0.25) is 0 Å². The van der Waals surface area contributed by atoms with E-state index in [1.807, 2.05) is 0 Å². The molecule has 0 fully saturated rings. The smallest absolute Gasteiger partial charge is 0.408 e. The fourth-order valence-corrected chi connectivity index (χ4v) is 2.21. The molecule has 9 heteroatoms. The molecule has 2 aromatic rings. The number of hydrogen-bond donors (Lipinski definition) is 1. The zero-order valence-corrected chi connectivity index (χ0v) is 13.3. The van der Waals surface area contributed by atoms with Crippen LogP contribution in [0, 0.1) is 0 Å². The van der Waals surface area contributed by atoms with E-state index in [0.29, 0.717) is 15.8 Å². The maximum absolute atomic E-state index is 12.4. The number of hydrogen-bond acceptors (Lipinski definition) is 5. The molecule has 0 aliphatic heterocycles. The first-order valence-electron chi connectivity index (χ1n) is 6.97. The monoisotopic (exact) mass is 343 g/mol. The molecule has 130 valence electrons. The summed E-state index contributed by atoms with van der Waals surface area (Å²) < 4.78 is 42.3. The van der Waals surface area contributed by atoms with E-state index in [1.165, 1.54) is 31.5 Å². The summed E-state index contributed by atoms with van der Waals surface area (Å²) in [7, 11) is 1.26. The van der Waals surface area contributed by atoms with Crippen LogP contribution in [0.25, 0.3) is 10.8 Å². The van der Waals surface area contributed by atoms with Crippen LogP contribution in [-0.4, -0.2) is 34.6 Å². The van der Waals surface area contributed by atoms with Gasteiger partial charge < -0.3 is 10.1 Å². The normalized spacial score (nSPS) is 12.2. The maximum atomic E-state index is 12.4. The van der Waals surface area contributed by atoms with E-state index in [-0.39, 0.29) is 5.39 Å². The second-order valence-electron chi connectivity index (χ2n) is 5.77. The summed E-state index contributed by atoms with van der Waals surface area (Å²) >= 11 is 0. The Bertz CT molecular complexity index is 828. The fourth-order valence-electron chi connectivity index (χ4n) is 2.21. The van der Waals surface area contributed by atoms with Crippen molar-refractivity contribution >= 4 is 22.4 Å². The van der Waals surface area contributed by atoms with Gasteiger partial charge in [-0.25, -0.2) is 9.48 Å². The number of ether oxygens (including phenoxy) is 1. The number of nitrogens with one attached hydrogen (secondary N) is 1. The van der Waals surface area contributed by atoms with E-state index >= 15 is 0 Å². The molecule has 0 saturated heterocycles. The van der Waals surface area contributed by atoms with Gasteiger partial charge in [-0.1, -0.05) is 0 Å². The molecule has 0 aliphatic carbocycles. The number of halogens is 3. The van der Waals surface area contributed by atoms with E-state index in [1.54, 1.807) is 13.8 Å². The number of benzene rings is 1. The summed E-state index contributed by atoms with van der Waals surface area (Å²) in [6, 6.07) is 4.43. The summed E-state index contributed by atoms with van der Waals surface area (Å²) in [5.41, 5.74) is -1.34. The van der Waals surface area contributed by atoms with Crippen molar-refractivity contribution in [3.05, 3.63) is 34.7 Å². The lowest BCUT2D eigenvalue weighted by Crippen LogP contribution is -2.41. The lowest BCUT2D eigenvalue weighted by molar-refractivity contribution is -0.145. The van der Waals surface area contributed by atoms with Crippen LogP contribution in [0.15, 0.2) is 29.2 Å². The van der Waals surface area contributed by atoms with Crippen LogP contribution in [-0.2, 0) is 16.1 Å². The van der Waals surface area contributed by atoms with Crippen LogP contribution in [0.4, 0.5) is 18.9 Å². The van der Waals surface area contributed by atoms with Gasteiger partial charge in [-0.05, 0) is 32.0 Å². The van der Waals surface area contributed by atoms with Crippen molar-refractivity contribution < 1.29 is 22.7 Å². The van der Waals surface area contributed by atoms with Gasteiger partial charge in [0.1, 0.15) is 12.1 Å². The van der Waals surface area contributed by atoms with Crippen molar-refractivity contribution in [1.29, 1.82) is 0 Å². The van der Waals surface area contributed by atoms with Gasteiger partial charge in [0.25, 0.3) is 5.56 Å². The van der Waals surface area contributed by atoms with Crippen LogP contribution >= 0.6 is 0 Å². The Balaban J connectivity index is 2.38. The largest absolute Gasteiger partial charge is 0.467 e. The van der Waals surface area contributed by atoms with Crippen molar-refractivity contribution in [1.82, 2.24) is 9.78 Å². The third-order valence-corrected chi connectivity index (χ3v) is 3.33. The maximum Gasteiger partial charge on any atom is 0.408 e. The van der Waals surface area contributed by atoms with E-state index in [2.05, 4.69) is 15.2 Å². The molecule has 1 N–H and O–H groups in total. The molecule has 0 spiro atoms. The third-order valence-electron chi connectivity index (χ3n) is 3.33. The quantitative estimate of drug-likeness (QED) is 0.863. The summed E-state index contributed by atoms with van der Waals surface area (Å²) in [5, 5.41) is 6.96. The predicted molar refractivity (Wildman–Crippen MR) is 81.8 cm³/mol. The van der Waals surface area contributed by atoms with Gasteiger partial charge in [-0.2, -0.15) is 18.3 Å². The van der Waals surface area contributed by atoms with Crippen molar-refractivity contribution in [2.45, 2.75) is 32.1 Å². The number of carbonyl (C=O) groups excluding carboxylic acids is 1. The molecule has 0 radical (unpaired) electrons. The number of alkyl halides is 3. The topological polar surface area (TPSA) is 73.2 Å². The van der Waals surface area contributed by atoms with Crippen molar-refractivity contribution in [3.8, 4) is 0 Å². The van der Waals surface area contributed by atoms with Gasteiger partial charge in [-0.3, -0.25) is 4.79 Å². The summed E-state index contributed by atoms with van der Waals surface area (Å²) in [5.74, 6) is -0.485. The van der Waals surface area contributed by atoms with Gasteiger partial charge in [0.2, 0.25) is 0 Å². The first-order chi connectivity index (χ1) is 11.0. The highest BCUT2D eigenvalue weighted by molar-refractivity contribution is 5.87. The molecule has 0 saturated carbocycles. The molecular weight excluding hydrogens is 327 g/mol. The Labute approximate surface area is 135 Å². The Morgan fingerprint density at radius 3 is 2.58 bits per heavy atom. The first-order valence-corrected chi connectivity index (χ1v) is 6.97. The average Bonchev–Trinajstić information content (AvgIpc) is 2.47. The molecule has 1 heterocycles. The van der Waals surface area contributed by atoms with Gasteiger partial charge >= 0.3 is 12.1 Å². The average molecular weight is 343 g/mol. The predicted octanol–water partition coefficient (Wildman–Crippen LogP) is 2.32. The van der Waals surface area contributed by atoms with E-state index in [9.17, 15) is 22.8 Å². The number of carbonyl (C=O) groups is 1. The van der Waals surface area contributed by atoms with E-state index in [0.717, 1.165) is 0 Å². The number of esters is 1. The Hall–Kier alpha value is -2.58. The molecule has 0 aliphatic rings. The van der Waals surface area contributed by atoms with Crippen LogP contribution in [0.5, 0.6) is 0 Å². The minimum Gasteiger partial charge on any atom is -0.467 e. The van der Waals surface area contributed by atoms with Gasteiger partial charge in [-0.15, -0.1) is 0 Å². The molecule has 1 aromatic carbocycles. The first kappa shape index (κ1) is 17.8. The molecule has 0 unspecified atom stereocenters. The Morgan fingerprint density at radius 2 is 2.00 bits per heavy atom. The van der Waals surface area contributed by atoms with Gasteiger partial charge in [0, 0.05) is 11.1 Å². The lowest BCUT2D eigenvalue weighted by atomic mass is 10.0. The summed E-state index contributed by atoms with van der Waals surface area (Å²) in [4.78, 5) is 23.7. The Kier molecular flexibility index (Phi) is 4.54. The number of anilines is 1. The summed E-state index contributed by atoms with van der Waals surface area (Å²) in [6.45, 7) is 1.78. The highest BCUT2D eigenvalue weighted by Gasteiger charge is 2.30. The highest BCUT2D eigenvalue weighted by Crippen LogP contribution is 2.21. The minimum atomic E-state index is -4.53. The lowest BCUT2D eigenvalue weighted by Gasteiger charge is -2.24. The number of nitrogens with zero attached hydrogens (tertiary/aromatic N) is 2. The van der Waals surface area contributed by atoms with Crippen LogP contribution in [0.1, 0.15) is 13.8 Å². The zero-order chi connectivity index (χ0) is 18.1.